The van der Waals surface area contributed by atoms with Gasteiger partial charge >= 0.3 is 0 Å². The van der Waals surface area contributed by atoms with Crippen LogP contribution in [0.2, 0.25) is 5.02 Å². The van der Waals surface area contributed by atoms with E-state index in [1.165, 1.54) is 11.3 Å². The summed E-state index contributed by atoms with van der Waals surface area (Å²) in [4.78, 5) is 25.4. The van der Waals surface area contributed by atoms with Crippen LogP contribution in [-0.4, -0.2) is 18.4 Å². The molecule has 0 aliphatic heterocycles. The molecule has 7 heteroatoms. The van der Waals surface area contributed by atoms with Gasteiger partial charge < -0.3 is 16.4 Å². The quantitative estimate of drug-likeness (QED) is 0.702. The largest absolute Gasteiger partial charge is 0.365 e. The molecule has 0 bridgehead atoms. The fourth-order valence-electron chi connectivity index (χ4n) is 3.27. The number of benzene rings is 1. The van der Waals surface area contributed by atoms with Gasteiger partial charge in [0.25, 0.3) is 5.91 Å². The molecule has 138 valence electrons. The zero-order valence-corrected chi connectivity index (χ0v) is 16.2. The van der Waals surface area contributed by atoms with E-state index in [9.17, 15) is 9.59 Å². The second-order valence-corrected chi connectivity index (χ2v) is 7.96. The van der Waals surface area contributed by atoms with E-state index in [1.807, 2.05) is 31.2 Å². The Kier molecular flexibility index (Phi) is 5.96. The molecule has 3 rings (SSSR count). The van der Waals surface area contributed by atoms with Crippen molar-refractivity contribution in [2.24, 2.45) is 5.73 Å². The topological polar surface area (TPSA) is 84.2 Å². The number of nitrogens with one attached hydrogen (secondary N) is 2. The molecule has 1 aromatic carbocycles. The van der Waals surface area contributed by atoms with E-state index < -0.39 is 5.91 Å². The fourth-order valence-corrected chi connectivity index (χ4v) is 4.88. The Balaban J connectivity index is 1.66. The van der Waals surface area contributed by atoms with E-state index in [-0.39, 0.29) is 18.5 Å². The van der Waals surface area contributed by atoms with Crippen LogP contribution in [0.5, 0.6) is 0 Å². The lowest BCUT2D eigenvalue weighted by molar-refractivity contribution is -0.115. The van der Waals surface area contributed by atoms with Gasteiger partial charge in [-0.1, -0.05) is 29.8 Å². The summed E-state index contributed by atoms with van der Waals surface area (Å²) >= 11 is 7.66. The summed E-state index contributed by atoms with van der Waals surface area (Å²) in [5.41, 5.74) is 8.00. The molecule has 1 aliphatic rings. The summed E-state index contributed by atoms with van der Waals surface area (Å²) in [5.74, 6) is -0.679. The predicted octanol–water partition coefficient (Wildman–Crippen LogP) is 3.67. The minimum absolute atomic E-state index is 0.0680. The molecule has 0 unspecified atom stereocenters. The molecule has 1 atom stereocenters. The van der Waals surface area contributed by atoms with Crippen molar-refractivity contribution in [1.82, 2.24) is 5.32 Å². The first kappa shape index (κ1) is 18.9. The highest BCUT2D eigenvalue weighted by Crippen LogP contribution is 2.37. The molecular formula is C19H22ClN3O2S. The van der Waals surface area contributed by atoms with Crippen molar-refractivity contribution in [3.63, 3.8) is 0 Å². The Morgan fingerprint density at radius 3 is 2.73 bits per heavy atom. The molecule has 0 saturated carbocycles. The summed E-state index contributed by atoms with van der Waals surface area (Å²) < 4.78 is 0. The van der Waals surface area contributed by atoms with E-state index in [0.717, 1.165) is 41.7 Å². The van der Waals surface area contributed by atoms with Crippen LogP contribution in [-0.2, 0) is 17.6 Å². The van der Waals surface area contributed by atoms with Crippen molar-refractivity contribution in [3.05, 3.63) is 50.9 Å². The predicted molar refractivity (Wildman–Crippen MR) is 106 cm³/mol. The molecule has 26 heavy (non-hydrogen) atoms. The van der Waals surface area contributed by atoms with Gasteiger partial charge in [-0.15, -0.1) is 11.3 Å². The number of thiophene rings is 1. The van der Waals surface area contributed by atoms with Crippen molar-refractivity contribution < 1.29 is 9.59 Å². The van der Waals surface area contributed by atoms with Crippen molar-refractivity contribution >= 4 is 39.8 Å². The molecule has 1 aliphatic carbocycles. The maximum Gasteiger partial charge on any atom is 0.251 e. The highest BCUT2D eigenvalue weighted by molar-refractivity contribution is 7.17. The Bertz CT molecular complexity index is 834. The molecular weight excluding hydrogens is 370 g/mol. The molecule has 2 amide bonds. The van der Waals surface area contributed by atoms with Crippen molar-refractivity contribution in [2.75, 3.05) is 11.9 Å². The zero-order valence-electron chi connectivity index (χ0n) is 14.6. The highest BCUT2D eigenvalue weighted by atomic mass is 35.5. The average molecular weight is 392 g/mol. The van der Waals surface area contributed by atoms with E-state index in [1.54, 1.807) is 0 Å². The molecule has 0 spiro atoms. The lowest BCUT2D eigenvalue weighted by Gasteiger charge is -2.15. The van der Waals surface area contributed by atoms with Gasteiger partial charge in [-0.2, -0.15) is 0 Å². The zero-order chi connectivity index (χ0) is 18.7. The van der Waals surface area contributed by atoms with Crippen LogP contribution in [0.1, 0.15) is 52.2 Å². The van der Waals surface area contributed by atoms with E-state index in [0.29, 0.717) is 15.6 Å². The van der Waals surface area contributed by atoms with E-state index in [2.05, 4.69) is 10.6 Å². The Hall–Kier alpha value is -1.89. The van der Waals surface area contributed by atoms with Crippen LogP contribution in [0, 0.1) is 0 Å². The number of fused-ring (bicyclic) bond motifs is 1. The minimum atomic E-state index is -0.475. The number of anilines is 1. The van der Waals surface area contributed by atoms with Crippen LogP contribution < -0.4 is 16.4 Å². The van der Waals surface area contributed by atoms with Crippen LogP contribution in [0.4, 0.5) is 5.00 Å². The smallest absolute Gasteiger partial charge is 0.251 e. The van der Waals surface area contributed by atoms with Crippen LogP contribution in [0.25, 0.3) is 0 Å². The number of aryl methyl sites for hydroxylation is 1. The number of hydrogen-bond donors (Lipinski definition) is 3. The summed E-state index contributed by atoms with van der Waals surface area (Å²) in [6.45, 7) is 2.07. The maximum absolute atomic E-state index is 12.4. The van der Waals surface area contributed by atoms with Crippen LogP contribution >= 0.6 is 22.9 Å². The average Bonchev–Trinajstić information content (AvgIpc) is 2.98. The number of amides is 2. The number of hydrogen-bond acceptors (Lipinski definition) is 4. The molecule has 5 nitrogen and oxygen atoms in total. The normalized spacial score (nSPS) is 14.5. The van der Waals surface area contributed by atoms with Gasteiger partial charge in [0.05, 0.1) is 12.1 Å². The Labute approximate surface area is 161 Å². The van der Waals surface area contributed by atoms with Gasteiger partial charge in [0, 0.05) is 15.9 Å². The van der Waals surface area contributed by atoms with Gasteiger partial charge in [-0.05, 0) is 49.8 Å². The van der Waals surface area contributed by atoms with Gasteiger partial charge in [0.15, 0.2) is 0 Å². The van der Waals surface area contributed by atoms with Gasteiger partial charge in [0.2, 0.25) is 5.91 Å². The van der Waals surface area contributed by atoms with Crippen molar-refractivity contribution in [3.8, 4) is 0 Å². The number of carbonyl (C=O) groups excluding carboxylic acids is 2. The van der Waals surface area contributed by atoms with Crippen molar-refractivity contribution in [1.29, 1.82) is 0 Å². The Morgan fingerprint density at radius 1 is 1.27 bits per heavy atom. The molecule has 0 radical (unpaired) electrons. The highest BCUT2D eigenvalue weighted by Gasteiger charge is 2.25. The number of primary amides is 1. The number of rotatable bonds is 6. The fraction of sp³-hybridized carbons (Fsp3) is 0.368. The standard InChI is InChI=1S/C19H22ClN3O2S/c1-11(12-6-2-4-8-14(12)20)22-10-16(24)23-19-17(18(21)25)13-7-3-5-9-15(13)26-19/h2,4,6,8,11,22H,3,5,7,9-10H2,1H3,(H2,21,25)(H,23,24)/t11-/m1/s1. The van der Waals surface area contributed by atoms with E-state index >= 15 is 0 Å². The molecule has 1 aromatic heterocycles. The van der Waals surface area contributed by atoms with Crippen molar-refractivity contribution in [2.45, 2.75) is 38.6 Å². The first-order valence-corrected chi connectivity index (χ1v) is 9.88. The van der Waals surface area contributed by atoms with E-state index in [4.69, 9.17) is 17.3 Å². The van der Waals surface area contributed by atoms with Gasteiger partial charge in [-0.25, -0.2) is 0 Å². The molecule has 1 heterocycles. The number of halogens is 1. The third-order valence-corrected chi connectivity index (χ3v) is 6.16. The second-order valence-electron chi connectivity index (χ2n) is 6.45. The third kappa shape index (κ3) is 4.09. The summed E-state index contributed by atoms with van der Waals surface area (Å²) in [5, 5.41) is 7.25. The first-order valence-electron chi connectivity index (χ1n) is 8.69. The monoisotopic (exact) mass is 391 g/mol. The second kappa shape index (κ2) is 8.20. The number of carbonyl (C=O) groups is 2. The summed E-state index contributed by atoms with van der Waals surface area (Å²) in [6.07, 6.45) is 3.95. The molecule has 4 N–H and O–H groups in total. The Morgan fingerprint density at radius 2 is 2.00 bits per heavy atom. The minimum Gasteiger partial charge on any atom is -0.365 e. The lowest BCUT2D eigenvalue weighted by Crippen LogP contribution is -2.30. The summed E-state index contributed by atoms with van der Waals surface area (Å²) in [6, 6.07) is 7.46. The number of nitrogens with two attached hydrogens (primary N) is 1. The first-order chi connectivity index (χ1) is 12.5. The SMILES string of the molecule is C[C@@H](NCC(=O)Nc1sc2c(c1C(N)=O)CCCC2)c1ccccc1Cl. The van der Waals surface area contributed by atoms with Crippen LogP contribution in [0.15, 0.2) is 24.3 Å². The molecule has 0 fully saturated rings. The molecule has 0 saturated heterocycles. The molecule has 2 aromatic rings. The van der Waals surface area contributed by atoms with Crippen LogP contribution in [0.3, 0.4) is 0 Å². The third-order valence-electron chi connectivity index (χ3n) is 4.61. The summed E-state index contributed by atoms with van der Waals surface area (Å²) in [7, 11) is 0. The van der Waals surface area contributed by atoms with Gasteiger partial charge in [-0.3, -0.25) is 9.59 Å². The lowest BCUT2D eigenvalue weighted by atomic mass is 9.95. The maximum atomic E-state index is 12.4. The van der Waals surface area contributed by atoms with Gasteiger partial charge in [0.1, 0.15) is 5.00 Å².